The van der Waals surface area contributed by atoms with Gasteiger partial charge >= 0.3 is 0 Å². The molecule has 2 aromatic rings. The van der Waals surface area contributed by atoms with Crippen molar-refractivity contribution in [3.63, 3.8) is 0 Å². The zero-order chi connectivity index (χ0) is 19.6. The number of nitrogens with one attached hydrogen (secondary N) is 1. The highest BCUT2D eigenvalue weighted by Crippen LogP contribution is 2.38. The maximum absolute atomic E-state index is 10.2. The van der Waals surface area contributed by atoms with Crippen LogP contribution in [0.4, 0.5) is 5.82 Å². The molecule has 0 amide bonds. The van der Waals surface area contributed by atoms with Crippen LogP contribution in [0, 0.1) is 0 Å². The monoisotopic (exact) mass is 416 g/mol. The van der Waals surface area contributed by atoms with Crippen molar-refractivity contribution >= 4 is 29.0 Å². The van der Waals surface area contributed by atoms with E-state index < -0.39 is 5.41 Å². The summed E-state index contributed by atoms with van der Waals surface area (Å²) in [5, 5.41) is 14.7. The summed E-state index contributed by atoms with van der Waals surface area (Å²) in [5.74, 6) is 0.881. The fraction of sp³-hybridized carbons (Fsp3) is 0.333. The molecule has 28 heavy (non-hydrogen) atoms. The molecular formula is C21H22Cl2N4O. The zero-order valence-electron chi connectivity index (χ0n) is 15.4. The number of nitrogens with zero attached hydrogens (tertiary/aromatic N) is 3. The first-order valence-corrected chi connectivity index (χ1v) is 10.1. The van der Waals surface area contributed by atoms with Gasteiger partial charge in [0.1, 0.15) is 5.82 Å². The number of rotatable bonds is 4. The van der Waals surface area contributed by atoms with E-state index in [1.807, 2.05) is 12.1 Å². The molecule has 2 N–H and O–H groups in total. The van der Waals surface area contributed by atoms with Crippen LogP contribution in [-0.4, -0.2) is 47.4 Å². The normalized spacial score (nSPS) is 24.9. The van der Waals surface area contributed by atoms with Crippen LogP contribution in [0.2, 0.25) is 10.0 Å². The Balaban J connectivity index is 1.60. The number of allylic oxidation sites excluding steroid dienone is 1. The van der Waals surface area contributed by atoms with Crippen LogP contribution in [-0.2, 0) is 5.41 Å². The summed E-state index contributed by atoms with van der Waals surface area (Å²) in [6, 6.07) is 5.73. The third kappa shape index (κ3) is 3.67. The number of aliphatic hydroxyl groups is 1. The van der Waals surface area contributed by atoms with Crippen LogP contribution in [0.5, 0.6) is 0 Å². The molecular weight excluding hydrogens is 395 g/mol. The average molecular weight is 417 g/mol. The second kappa shape index (κ2) is 8.21. The fourth-order valence-corrected chi connectivity index (χ4v) is 4.18. The summed E-state index contributed by atoms with van der Waals surface area (Å²) in [5.41, 5.74) is 1.68. The van der Waals surface area contributed by atoms with Crippen molar-refractivity contribution in [3.8, 4) is 0 Å². The minimum absolute atomic E-state index is 0.00202. The lowest BCUT2D eigenvalue weighted by Crippen LogP contribution is -2.52. The number of hydrogen-bond acceptors (Lipinski definition) is 5. The smallest absolute Gasteiger partial charge is 0.147 e. The van der Waals surface area contributed by atoms with Gasteiger partial charge in [-0.3, -0.25) is 4.98 Å². The summed E-state index contributed by atoms with van der Waals surface area (Å²) in [6.45, 7) is 2.62. The van der Waals surface area contributed by atoms with Crippen LogP contribution >= 0.6 is 23.2 Å². The topological polar surface area (TPSA) is 61.3 Å². The van der Waals surface area contributed by atoms with E-state index in [0.29, 0.717) is 16.5 Å². The molecule has 2 aliphatic rings. The molecule has 1 aromatic heterocycles. The molecule has 2 heterocycles. The Bertz CT molecular complexity index is 903. The van der Waals surface area contributed by atoms with Crippen LogP contribution in [0.25, 0.3) is 0 Å². The standard InChI is InChI=1S/C21H22Cl2N4O/c22-17-2-1-16(11-18(17)23)21(14-28)5-3-15(4-6-21)19-12-25-9-10-27(19)20-13-24-7-8-26-20/h1-5,7-8,11,13,19,25,28H,6,9-10,12,14H2. The molecule has 0 saturated carbocycles. The van der Waals surface area contributed by atoms with Gasteiger partial charge < -0.3 is 15.3 Å². The molecule has 5 nitrogen and oxygen atoms in total. The van der Waals surface area contributed by atoms with E-state index in [1.54, 1.807) is 24.7 Å². The first-order chi connectivity index (χ1) is 13.6. The molecule has 0 bridgehead atoms. The molecule has 1 aromatic carbocycles. The first-order valence-electron chi connectivity index (χ1n) is 9.32. The van der Waals surface area contributed by atoms with Crippen LogP contribution in [0.1, 0.15) is 12.0 Å². The first kappa shape index (κ1) is 19.4. The number of halogens is 2. The lowest BCUT2D eigenvalue weighted by molar-refractivity contribution is 0.224. The van der Waals surface area contributed by atoms with Crippen LogP contribution in [0.15, 0.2) is 60.6 Å². The van der Waals surface area contributed by atoms with E-state index >= 15 is 0 Å². The predicted molar refractivity (Wildman–Crippen MR) is 113 cm³/mol. The van der Waals surface area contributed by atoms with Crippen molar-refractivity contribution in [2.75, 3.05) is 31.1 Å². The SMILES string of the molecule is OCC1(c2ccc(Cl)c(Cl)c2)C=CC(C2CNCCN2c2cnccn2)=CC1. The highest BCUT2D eigenvalue weighted by Gasteiger charge is 2.33. The highest BCUT2D eigenvalue weighted by molar-refractivity contribution is 6.42. The lowest BCUT2D eigenvalue weighted by atomic mass is 9.74. The Labute approximate surface area is 174 Å². The number of aliphatic hydroxyl groups excluding tert-OH is 1. The molecule has 7 heteroatoms. The molecule has 4 rings (SSSR count). The third-order valence-electron chi connectivity index (χ3n) is 5.55. The third-order valence-corrected chi connectivity index (χ3v) is 6.28. The minimum Gasteiger partial charge on any atom is -0.395 e. The van der Waals surface area contributed by atoms with Gasteiger partial charge in [-0.25, -0.2) is 4.98 Å². The van der Waals surface area contributed by atoms with Crippen molar-refractivity contribution in [1.29, 1.82) is 0 Å². The highest BCUT2D eigenvalue weighted by atomic mass is 35.5. The van der Waals surface area contributed by atoms with E-state index in [4.69, 9.17) is 23.2 Å². The molecule has 1 aliphatic carbocycles. The lowest BCUT2D eigenvalue weighted by Gasteiger charge is -2.40. The van der Waals surface area contributed by atoms with Gasteiger partial charge in [0.15, 0.2) is 0 Å². The number of piperazine rings is 1. The van der Waals surface area contributed by atoms with E-state index in [0.717, 1.165) is 31.0 Å². The maximum atomic E-state index is 10.2. The molecule has 146 valence electrons. The fourth-order valence-electron chi connectivity index (χ4n) is 3.88. The van der Waals surface area contributed by atoms with E-state index in [1.165, 1.54) is 5.57 Å². The quantitative estimate of drug-likeness (QED) is 0.799. The second-order valence-electron chi connectivity index (χ2n) is 7.16. The van der Waals surface area contributed by atoms with Crippen molar-refractivity contribution in [2.45, 2.75) is 17.9 Å². The van der Waals surface area contributed by atoms with Gasteiger partial charge in [-0.15, -0.1) is 0 Å². The van der Waals surface area contributed by atoms with Crippen molar-refractivity contribution in [3.05, 3.63) is 76.2 Å². The summed E-state index contributed by atoms with van der Waals surface area (Å²) in [4.78, 5) is 11.0. The van der Waals surface area contributed by atoms with Gasteiger partial charge in [0.05, 0.1) is 28.9 Å². The molecule has 0 spiro atoms. The summed E-state index contributed by atoms with van der Waals surface area (Å²) in [6.07, 6.45) is 12.3. The maximum Gasteiger partial charge on any atom is 0.147 e. The Hall–Kier alpha value is -1.92. The number of hydrogen-bond donors (Lipinski definition) is 2. The van der Waals surface area contributed by atoms with Gasteiger partial charge in [0, 0.05) is 37.4 Å². The number of anilines is 1. The minimum atomic E-state index is -0.489. The van der Waals surface area contributed by atoms with Crippen molar-refractivity contribution in [1.82, 2.24) is 15.3 Å². The Morgan fingerprint density at radius 2 is 2.14 bits per heavy atom. The van der Waals surface area contributed by atoms with Gasteiger partial charge in [0.25, 0.3) is 0 Å². The molecule has 0 radical (unpaired) electrons. The van der Waals surface area contributed by atoms with Crippen LogP contribution < -0.4 is 10.2 Å². The van der Waals surface area contributed by atoms with E-state index in [-0.39, 0.29) is 12.6 Å². The van der Waals surface area contributed by atoms with Crippen molar-refractivity contribution < 1.29 is 5.11 Å². The Morgan fingerprint density at radius 3 is 2.82 bits per heavy atom. The Kier molecular flexibility index (Phi) is 5.69. The molecule has 2 atom stereocenters. The molecule has 2 unspecified atom stereocenters. The Morgan fingerprint density at radius 1 is 1.25 bits per heavy atom. The summed E-state index contributed by atoms with van der Waals surface area (Å²) in [7, 11) is 0. The number of aromatic nitrogens is 2. The van der Waals surface area contributed by atoms with Crippen LogP contribution in [0.3, 0.4) is 0 Å². The summed E-state index contributed by atoms with van der Waals surface area (Å²) >= 11 is 12.3. The molecule has 1 fully saturated rings. The van der Waals surface area contributed by atoms with Gasteiger partial charge in [-0.1, -0.05) is 47.5 Å². The number of benzene rings is 1. The largest absolute Gasteiger partial charge is 0.395 e. The van der Waals surface area contributed by atoms with Gasteiger partial charge in [0.2, 0.25) is 0 Å². The van der Waals surface area contributed by atoms with Crippen molar-refractivity contribution in [2.24, 2.45) is 0 Å². The van der Waals surface area contributed by atoms with E-state index in [2.05, 4.69) is 38.4 Å². The van der Waals surface area contributed by atoms with Gasteiger partial charge in [-0.2, -0.15) is 0 Å². The van der Waals surface area contributed by atoms with E-state index in [9.17, 15) is 5.11 Å². The predicted octanol–water partition coefficient (Wildman–Crippen LogP) is 3.38. The second-order valence-corrected chi connectivity index (χ2v) is 7.98. The average Bonchev–Trinajstić information content (AvgIpc) is 2.76. The van der Waals surface area contributed by atoms with Gasteiger partial charge in [-0.05, 0) is 29.7 Å². The zero-order valence-corrected chi connectivity index (χ0v) is 16.9. The summed E-state index contributed by atoms with van der Waals surface area (Å²) < 4.78 is 0. The molecule has 1 aliphatic heterocycles. The molecule has 1 saturated heterocycles.